The zero-order valence-corrected chi connectivity index (χ0v) is 11.5. The molecule has 1 amide bonds. The highest BCUT2D eigenvalue weighted by Gasteiger charge is 2.60. The Hall–Kier alpha value is -1.75. The molecule has 1 spiro atoms. The van der Waals surface area contributed by atoms with Crippen LogP contribution in [0.4, 0.5) is 0 Å². The Morgan fingerprint density at radius 2 is 2.15 bits per heavy atom. The number of amides is 1. The highest BCUT2D eigenvalue weighted by molar-refractivity contribution is 6.01. The van der Waals surface area contributed by atoms with Gasteiger partial charge in [-0.1, -0.05) is 6.42 Å². The zero-order valence-electron chi connectivity index (χ0n) is 11.5. The van der Waals surface area contributed by atoms with Crippen LogP contribution < -0.4 is 5.48 Å². The quantitative estimate of drug-likeness (QED) is 0.852. The molecular weight excluding hydrogens is 256 g/mol. The molecule has 2 atom stereocenters. The lowest BCUT2D eigenvalue weighted by Gasteiger charge is -2.52. The lowest BCUT2D eigenvalue weighted by molar-refractivity contribution is -0.171. The van der Waals surface area contributed by atoms with Crippen LogP contribution in [-0.4, -0.2) is 16.7 Å². The third kappa shape index (κ3) is 2.02. The Kier molecular flexibility index (Phi) is 3.30. The van der Waals surface area contributed by atoms with Gasteiger partial charge in [-0.25, -0.2) is 5.48 Å². The predicted molar refractivity (Wildman–Crippen MR) is 71.3 cm³/mol. The molecule has 2 aliphatic rings. The molecule has 106 valence electrons. The van der Waals surface area contributed by atoms with Crippen LogP contribution in [0.5, 0.6) is 0 Å². The Balaban J connectivity index is 1.54. The van der Waals surface area contributed by atoms with Gasteiger partial charge in [0.15, 0.2) is 0 Å². The van der Waals surface area contributed by atoms with E-state index in [0.29, 0.717) is 6.42 Å². The number of ketones is 1. The van der Waals surface area contributed by atoms with Crippen molar-refractivity contribution in [1.82, 2.24) is 10.5 Å². The van der Waals surface area contributed by atoms with E-state index in [4.69, 9.17) is 4.84 Å². The molecule has 2 aliphatic carbocycles. The largest absolute Gasteiger partial charge is 0.299 e. The molecule has 0 radical (unpaired) electrons. The number of carbonyl (C=O) groups is 2. The average molecular weight is 274 g/mol. The fraction of sp³-hybridized carbons (Fsp3) is 0.533. The van der Waals surface area contributed by atoms with Gasteiger partial charge in [0, 0.05) is 24.2 Å². The molecule has 2 fully saturated rings. The molecule has 0 aliphatic heterocycles. The summed E-state index contributed by atoms with van der Waals surface area (Å²) in [6.07, 6.45) is 6.24. The van der Waals surface area contributed by atoms with E-state index in [1.807, 2.05) is 19.1 Å². The molecule has 0 saturated heterocycles. The van der Waals surface area contributed by atoms with Crippen molar-refractivity contribution in [2.24, 2.45) is 11.3 Å². The maximum absolute atomic E-state index is 12.1. The van der Waals surface area contributed by atoms with Gasteiger partial charge < -0.3 is 0 Å². The molecule has 1 heterocycles. The molecule has 1 aromatic heterocycles. The summed E-state index contributed by atoms with van der Waals surface area (Å²) in [5.41, 5.74) is 3.11. The molecule has 3 rings (SSSR count). The minimum Gasteiger partial charge on any atom is -0.299 e. The number of nitrogens with one attached hydrogen (secondary N) is 1. The van der Waals surface area contributed by atoms with Gasteiger partial charge in [0.25, 0.3) is 0 Å². The van der Waals surface area contributed by atoms with Gasteiger partial charge in [-0.2, -0.15) is 0 Å². The minimum atomic E-state index is -0.354. The van der Waals surface area contributed by atoms with E-state index in [-0.39, 0.29) is 29.1 Å². The van der Waals surface area contributed by atoms with E-state index in [2.05, 4.69) is 10.5 Å². The lowest BCUT2D eigenvalue weighted by atomic mass is 9.49. The monoisotopic (exact) mass is 274 g/mol. The smallest absolute Gasteiger partial charge is 0.248 e. The van der Waals surface area contributed by atoms with Crippen LogP contribution in [0.3, 0.4) is 0 Å². The van der Waals surface area contributed by atoms with Gasteiger partial charge in [0.2, 0.25) is 5.91 Å². The number of hydrogen-bond acceptors (Lipinski definition) is 4. The maximum Gasteiger partial charge on any atom is 0.248 e. The molecule has 2 saturated carbocycles. The van der Waals surface area contributed by atoms with Crippen LogP contribution in [0.1, 0.15) is 44.3 Å². The number of rotatable bonds is 4. The number of hydrogen-bond donors (Lipinski definition) is 1. The van der Waals surface area contributed by atoms with Crippen LogP contribution in [0.25, 0.3) is 0 Å². The molecule has 1 unspecified atom stereocenters. The summed E-state index contributed by atoms with van der Waals surface area (Å²) >= 11 is 0. The highest BCUT2D eigenvalue weighted by atomic mass is 16.7. The standard InChI is InChI=1S/C15H18N2O3/c1-10(11-3-7-16-8-4-11)20-17-14(19)12-9-13(18)15(12)5-2-6-15/h3-4,7-8,10,12H,2,5-6,9H2,1H3,(H,17,19)/t10-,12?/m0/s1. The van der Waals surface area contributed by atoms with Gasteiger partial charge in [0.1, 0.15) is 11.9 Å². The van der Waals surface area contributed by atoms with E-state index in [0.717, 1.165) is 24.8 Å². The second-order valence-electron chi connectivity index (χ2n) is 5.70. The fourth-order valence-electron chi connectivity index (χ4n) is 3.10. The molecule has 5 nitrogen and oxygen atoms in total. The third-order valence-electron chi connectivity index (χ3n) is 4.69. The van der Waals surface area contributed by atoms with Crippen molar-refractivity contribution >= 4 is 11.7 Å². The molecule has 0 aromatic carbocycles. The highest BCUT2D eigenvalue weighted by Crippen LogP contribution is 2.57. The first-order valence-electron chi connectivity index (χ1n) is 7.02. The van der Waals surface area contributed by atoms with E-state index in [9.17, 15) is 9.59 Å². The van der Waals surface area contributed by atoms with Crippen LogP contribution in [0.15, 0.2) is 24.5 Å². The van der Waals surface area contributed by atoms with Crippen LogP contribution in [0.2, 0.25) is 0 Å². The summed E-state index contributed by atoms with van der Waals surface area (Å²) in [6, 6.07) is 3.69. The van der Waals surface area contributed by atoms with Crippen molar-refractivity contribution in [1.29, 1.82) is 0 Å². The Bertz CT molecular complexity index is 525. The molecule has 1 N–H and O–H groups in total. The number of Topliss-reactive ketones (excluding diaryl/α,β-unsaturated/α-hetero) is 1. The number of nitrogens with zero attached hydrogens (tertiary/aromatic N) is 1. The van der Waals surface area contributed by atoms with Crippen LogP contribution >= 0.6 is 0 Å². The summed E-state index contributed by atoms with van der Waals surface area (Å²) in [7, 11) is 0. The van der Waals surface area contributed by atoms with Gasteiger partial charge in [-0.3, -0.25) is 19.4 Å². The Labute approximate surface area is 117 Å². The number of pyridine rings is 1. The molecular formula is C15H18N2O3. The normalized spacial score (nSPS) is 24.6. The van der Waals surface area contributed by atoms with Crippen molar-refractivity contribution in [3.8, 4) is 0 Å². The molecule has 1 aromatic rings. The first kappa shape index (κ1) is 13.2. The first-order valence-corrected chi connectivity index (χ1v) is 7.02. The van der Waals surface area contributed by atoms with Gasteiger partial charge in [-0.15, -0.1) is 0 Å². The molecule has 0 bridgehead atoms. The Morgan fingerprint density at radius 3 is 2.70 bits per heavy atom. The van der Waals surface area contributed by atoms with E-state index >= 15 is 0 Å². The zero-order chi connectivity index (χ0) is 14.2. The van der Waals surface area contributed by atoms with Crippen molar-refractivity contribution in [2.75, 3.05) is 0 Å². The van der Waals surface area contributed by atoms with Gasteiger partial charge in [0.05, 0.1) is 5.92 Å². The summed E-state index contributed by atoms with van der Waals surface area (Å²) in [5, 5.41) is 0. The Morgan fingerprint density at radius 1 is 1.45 bits per heavy atom. The van der Waals surface area contributed by atoms with Crippen molar-refractivity contribution < 1.29 is 14.4 Å². The fourth-order valence-corrected chi connectivity index (χ4v) is 3.10. The van der Waals surface area contributed by atoms with Gasteiger partial charge in [-0.05, 0) is 37.5 Å². The summed E-state index contributed by atoms with van der Waals surface area (Å²) < 4.78 is 0. The topological polar surface area (TPSA) is 68.3 Å². The average Bonchev–Trinajstić information content (AvgIpc) is 2.41. The lowest BCUT2D eigenvalue weighted by Crippen LogP contribution is -2.59. The number of carbonyl (C=O) groups excluding carboxylic acids is 2. The predicted octanol–water partition coefficient (Wildman–Crippen LogP) is 1.95. The number of aromatic nitrogens is 1. The third-order valence-corrected chi connectivity index (χ3v) is 4.69. The van der Waals surface area contributed by atoms with Crippen molar-refractivity contribution in [3.05, 3.63) is 30.1 Å². The van der Waals surface area contributed by atoms with Gasteiger partial charge >= 0.3 is 0 Å². The van der Waals surface area contributed by atoms with Crippen molar-refractivity contribution in [2.45, 2.75) is 38.7 Å². The van der Waals surface area contributed by atoms with E-state index < -0.39 is 0 Å². The summed E-state index contributed by atoms with van der Waals surface area (Å²) in [4.78, 5) is 33.1. The second-order valence-corrected chi connectivity index (χ2v) is 5.70. The van der Waals surface area contributed by atoms with Crippen LogP contribution in [-0.2, 0) is 14.4 Å². The maximum atomic E-state index is 12.1. The molecule has 20 heavy (non-hydrogen) atoms. The van der Waals surface area contributed by atoms with Crippen molar-refractivity contribution in [3.63, 3.8) is 0 Å². The first-order chi connectivity index (χ1) is 9.63. The molecule has 5 heteroatoms. The SMILES string of the molecule is C[C@H](ONC(=O)C1CC(=O)C12CCC2)c1ccncc1. The van der Waals surface area contributed by atoms with Crippen LogP contribution in [0, 0.1) is 11.3 Å². The second kappa shape index (κ2) is 4.98. The van der Waals surface area contributed by atoms with E-state index in [1.54, 1.807) is 12.4 Å². The van der Waals surface area contributed by atoms with E-state index in [1.165, 1.54) is 0 Å². The number of hydroxylamine groups is 1. The summed E-state index contributed by atoms with van der Waals surface area (Å²) in [5.74, 6) is -0.121. The minimum absolute atomic E-state index is 0.162. The summed E-state index contributed by atoms with van der Waals surface area (Å²) in [6.45, 7) is 1.86.